The zero-order chi connectivity index (χ0) is 13.1. The highest BCUT2D eigenvalue weighted by atomic mass is 32.2. The van der Waals surface area contributed by atoms with Gasteiger partial charge in [-0.05, 0) is 31.2 Å². The van der Waals surface area contributed by atoms with E-state index in [2.05, 4.69) is 0 Å². The van der Waals surface area contributed by atoms with Gasteiger partial charge in [0.25, 0.3) is 0 Å². The molecule has 2 aromatic rings. The van der Waals surface area contributed by atoms with Gasteiger partial charge in [0.1, 0.15) is 5.76 Å². The van der Waals surface area contributed by atoms with Crippen molar-refractivity contribution in [3.8, 4) is 11.5 Å². The molecular weight excluding hydrogens is 252 g/mol. The first kappa shape index (κ1) is 12.6. The minimum absolute atomic E-state index is 0.115. The minimum Gasteiger partial charge on any atom is -0.504 e. The van der Waals surface area contributed by atoms with E-state index >= 15 is 0 Å². The molecule has 1 aromatic carbocycles. The molecule has 0 amide bonds. The standard InChI is InChI=1S/C13H12O4S/c1-8-13(4-5-17-8)18-7-12(16)9-2-3-10(14)11(15)6-9/h2-6,14-15H,7H2,1H3. The Labute approximate surface area is 108 Å². The highest BCUT2D eigenvalue weighted by Crippen LogP contribution is 2.27. The molecule has 0 spiro atoms. The highest BCUT2D eigenvalue weighted by Gasteiger charge is 2.11. The van der Waals surface area contributed by atoms with E-state index in [1.54, 1.807) is 6.26 Å². The van der Waals surface area contributed by atoms with Gasteiger partial charge in [0.15, 0.2) is 17.3 Å². The Morgan fingerprint density at radius 3 is 2.67 bits per heavy atom. The smallest absolute Gasteiger partial charge is 0.173 e. The van der Waals surface area contributed by atoms with Gasteiger partial charge in [-0.1, -0.05) is 0 Å². The van der Waals surface area contributed by atoms with E-state index in [1.807, 2.05) is 13.0 Å². The Bertz CT molecular complexity index is 574. The van der Waals surface area contributed by atoms with Gasteiger partial charge in [0.2, 0.25) is 0 Å². The zero-order valence-corrected chi connectivity index (χ0v) is 10.5. The van der Waals surface area contributed by atoms with Crippen LogP contribution in [0.4, 0.5) is 0 Å². The molecule has 0 radical (unpaired) electrons. The average molecular weight is 264 g/mol. The number of thioether (sulfide) groups is 1. The number of hydrogen-bond donors (Lipinski definition) is 2. The van der Waals surface area contributed by atoms with Crippen LogP contribution >= 0.6 is 11.8 Å². The van der Waals surface area contributed by atoms with Crippen molar-refractivity contribution in [2.75, 3.05) is 5.75 Å². The normalized spacial score (nSPS) is 10.5. The Balaban J connectivity index is 2.04. The van der Waals surface area contributed by atoms with Gasteiger partial charge < -0.3 is 14.6 Å². The van der Waals surface area contributed by atoms with Crippen LogP contribution in [-0.4, -0.2) is 21.7 Å². The molecule has 5 heteroatoms. The lowest BCUT2D eigenvalue weighted by Crippen LogP contribution is -2.01. The summed E-state index contributed by atoms with van der Waals surface area (Å²) in [5.41, 5.74) is 0.374. The summed E-state index contributed by atoms with van der Waals surface area (Å²) in [5.74, 6) is 0.400. The summed E-state index contributed by atoms with van der Waals surface area (Å²) in [7, 11) is 0. The van der Waals surface area contributed by atoms with E-state index in [1.165, 1.54) is 30.0 Å². The van der Waals surface area contributed by atoms with Gasteiger partial charge in [-0.2, -0.15) is 0 Å². The van der Waals surface area contributed by atoms with Crippen LogP contribution < -0.4 is 0 Å². The third-order valence-electron chi connectivity index (χ3n) is 2.47. The van der Waals surface area contributed by atoms with E-state index in [9.17, 15) is 9.90 Å². The maximum Gasteiger partial charge on any atom is 0.173 e. The first-order valence-corrected chi connectivity index (χ1v) is 6.28. The maximum absolute atomic E-state index is 11.9. The third-order valence-corrected chi connectivity index (χ3v) is 3.61. The van der Waals surface area contributed by atoms with Crippen molar-refractivity contribution in [2.45, 2.75) is 11.8 Å². The summed E-state index contributed by atoms with van der Waals surface area (Å²) in [6.45, 7) is 1.83. The molecule has 0 aliphatic carbocycles. The topological polar surface area (TPSA) is 70.7 Å². The summed E-state index contributed by atoms with van der Waals surface area (Å²) >= 11 is 1.38. The van der Waals surface area contributed by atoms with Gasteiger partial charge in [0, 0.05) is 10.5 Å². The van der Waals surface area contributed by atoms with E-state index < -0.39 is 0 Å². The van der Waals surface area contributed by atoms with Crippen LogP contribution in [0.15, 0.2) is 39.8 Å². The first-order chi connectivity index (χ1) is 8.58. The van der Waals surface area contributed by atoms with Gasteiger partial charge >= 0.3 is 0 Å². The van der Waals surface area contributed by atoms with Crippen molar-refractivity contribution in [2.24, 2.45) is 0 Å². The lowest BCUT2D eigenvalue weighted by molar-refractivity contribution is 0.102. The molecule has 0 unspecified atom stereocenters. The zero-order valence-electron chi connectivity index (χ0n) is 9.71. The summed E-state index contributed by atoms with van der Waals surface area (Å²) in [5, 5.41) is 18.5. The summed E-state index contributed by atoms with van der Waals surface area (Å²) in [6.07, 6.45) is 1.58. The van der Waals surface area contributed by atoms with Gasteiger partial charge in [-0.3, -0.25) is 4.79 Å². The largest absolute Gasteiger partial charge is 0.504 e. The number of ketones is 1. The molecular formula is C13H12O4S. The minimum atomic E-state index is -0.287. The molecule has 2 rings (SSSR count). The Kier molecular flexibility index (Phi) is 3.62. The van der Waals surface area contributed by atoms with Crippen LogP contribution in [0, 0.1) is 6.92 Å². The number of carbonyl (C=O) groups is 1. The number of phenolic OH excluding ortho intramolecular Hbond substituents is 2. The van der Waals surface area contributed by atoms with Crippen molar-refractivity contribution >= 4 is 17.5 Å². The number of Topliss-reactive ketones (excluding diaryl/α,β-unsaturated/α-hetero) is 1. The van der Waals surface area contributed by atoms with Crippen molar-refractivity contribution in [1.82, 2.24) is 0 Å². The monoisotopic (exact) mass is 264 g/mol. The lowest BCUT2D eigenvalue weighted by Gasteiger charge is -2.02. The number of hydrogen-bond acceptors (Lipinski definition) is 5. The lowest BCUT2D eigenvalue weighted by atomic mass is 10.1. The molecule has 1 aromatic heterocycles. The molecule has 4 nitrogen and oxygen atoms in total. The third kappa shape index (κ3) is 2.68. The predicted molar refractivity (Wildman–Crippen MR) is 68.3 cm³/mol. The number of aromatic hydroxyl groups is 2. The molecule has 94 valence electrons. The van der Waals surface area contributed by atoms with Crippen LogP contribution in [0.3, 0.4) is 0 Å². The van der Waals surface area contributed by atoms with Crippen molar-refractivity contribution in [1.29, 1.82) is 0 Å². The van der Waals surface area contributed by atoms with E-state index in [0.717, 1.165) is 10.7 Å². The van der Waals surface area contributed by atoms with Gasteiger partial charge in [-0.15, -0.1) is 11.8 Å². The average Bonchev–Trinajstić information content (AvgIpc) is 2.75. The molecule has 18 heavy (non-hydrogen) atoms. The first-order valence-electron chi connectivity index (χ1n) is 5.30. The fourth-order valence-electron chi connectivity index (χ4n) is 1.45. The molecule has 0 saturated heterocycles. The summed E-state index contributed by atoms with van der Waals surface area (Å²) in [6, 6.07) is 5.86. The fraction of sp³-hybridized carbons (Fsp3) is 0.154. The number of rotatable bonds is 4. The molecule has 1 heterocycles. The van der Waals surface area contributed by atoms with Crippen LogP contribution in [0.5, 0.6) is 11.5 Å². The number of carbonyl (C=O) groups excluding carboxylic acids is 1. The van der Waals surface area contributed by atoms with E-state index in [4.69, 9.17) is 9.52 Å². The molecule has 2 N–H and O–H groups in total. The summed E-state index contributed by atoms with van der Waals surface area (Å²) < 4.78 is 5.13. The number of benzene rings is 1. The Hall–Kier alpha value is -1.88. The van der Waals surface area contributed by atoms with Crippen LogP contribution in [-0.2, 0) is 0 Å². The SMILES string of the molecule is Cc1occc1SCC(=O)c1ccc(O)c(O)c1. The molecule has 0 aliphatic rings. The van der Waals surface area contributed by atoms with Crippen molar-refractivity contribution in [3.63, 3.8) is 0 Å². The Morgan fingerprint density at radius 2 is 2.06 bits per heavy atom. The van der Waals surface area contributed by atoms with E-state index in [0.29, 0.717) is 5.56 Å². The predicted octanol–water partition coefficient (Wildman–Crippen LogP) is 2.97. The van der Waals surface area contributed by atoms with Crippen LogP contribution in [0.25, 0.3) is 0 Å². The van der Waals surface area contributed by atoms with Crippen molar-refractivity contribution in [3.05, 3.63) is 41.9 Å². The quantitative estimate of drug-likeness (QED) is 0.504. The Morgan fingerprint density at radius 1 is 1.28 bits per heavy atom. The van der Waals surface area contributed by atoms with Gasteiger partial charge in [0.05, 0.1) is 12.0 Å². The molecule has 0 fully saturated rings. The van der Waals surface area contributed by atoms with Crippen LogP contribution in [0.2, 0.25) is 0 Å². The molecule has 0 atom stereocenters. The fourth-order valence-corrected chi connectivity index (χ4v) is 2.30. The molecule has 0 saturated carbocycles. The van der Waals surface area contributed by atoms with Crippen LogP contribution in [0.1, 0.15) is 16.1 Å². The number of furan rings is 1. The van der Waals surface area contributed by atoms with E-state index in [-0.39, 0.29) is 23.0 Å². The summed E-state index contributed by atoms with van der Waals surface area (Å²) in [4.78, 5) is 12.8. The number of phenols is 2. The van der Waals surface area contributed by atoms with Gasteiger partial charge in [-0.25, -0.2) is 0 Å². The second kappa shape index (κ2) is 5.18. The maximum atomic E-state index is 11.9. The van der Waals surface area contributed by atoms with Crippen molar-refractivity contribution < 1.29 is 19.4 Å². The highest BCUT2D eigenvalue weighted by molar-refractivity contribution is 8.00. The molecule has 0 bridgehead atoms. The second-order valence-corrected chi connectivity index (χ2v) is 4.77. The molecule has 0 aliphatic heterocycles. The number of aryl methyl sites for hydroxylation is 1. The second-order valence-electron chi connectivity index (χ2n) is 3.76.